The molecule has 4 heteroatoms. The average molecular weight is 190 g/mol. The van der Waals surface area contributed by atoms with E-state index in [0.29, 0.717) is 12.5 Å². The van der Waals surface area contributed by atoms with Crippen LogP contribution in [-0.2, 0) is 13.6 Å². The number of terminal acetylenes is 1. The van der Waals surface area contributed by atoms with Gasteiger partial charge in [-0.15, -0.1) is 6.42 Å². The smallest absolute Gasteiger partial charge is 0.308 e. The Bertz CT molecular complexity index is 205. The van der Waals surface area contributed by atoms with Crippen LogP contribution in [0.1, 0.15) is 13.8 Å². The van der Waals surface area contributed by atoms with Crippen LogP contribution in [-0.4, -0.2) is 19.9 Å². The zero-order chi connectivity index (χ0) is 9.61. The summed E-state index contributed by atoms with van der Waals surface area (Å²) >= 11 is 0. The molecule has 0 rings (SSSR count). The maximum Gasteiger partial charge on any atom is 0.328 e. The monoisotopic (exact) mass is 190 g/mol. The van der Waals surface area contributed by atoms with Gasteiger partial charge in [-0.25, -0.2) is 0 Å². The van der Waals surface area contributed by atoms with Gasteiger partial charge in [0.05, 0.1) is 6.61 Å². The van der Waals surface area contributed by atoms with Crippen molar-refractivity contribution in [3.8, 4) is 12.3 Å². The van der Waals surface area contributed by atoms with Crippen LogP contribution in [0.5, 0.6) is 0 Å². The number of rotatable bonds is 5. The Morgan fingerprint density at radius 3 is 2.50 bits per heavy atom. The summed E-state index contributed by atoms with van der Waals surface area (Å²) in [5.74, 6) is 2.58. The maximum atomic E-state index is 11.3. The van der Waals surface area contributed by atoms with E-state index in [0.717, 1.165) is 0 Å². The highest BCUT2D eigenvalue weighted by atomic mass is 31.2. The second kappa shape index (κ2) is 5.37. The molecule has 0 spiro atoms. The highest BCUT2D eigenvalue weighted by Crippen LogP contribution is 2.43. The van der Waals surface area contributed by atoms with Crippen molar-refractivity contribution in [3.63, 3.8) is 0 Å². The van der Waals surface area contributed by atoms with Crippen molar-refractivity contribution in [2.24, 2.45) is 5.92 Å². The molecule has 0 heterocycles. The summed E-state index contributed by atoms with van der Waals surface area (Å²) < 4.78 is 21.2. The summed E-state index contributed by atoms with van der Waals surface area (Å²) in [5, 5.41) is 0. The molecule has 0 aliphatic heterocycles. The molecule has 0 N–H and O–H groups in total. The molecule has 0 aliphatic carbocycles. The van der Waals surface area contributed by atoms with Gasteiger partial charge in [0.1, 0.15) is 6.61 Å². The van der Waals surface area contributed by atoms with Crippen LogP contribution in [0.2, 0.25) is 0 Å². The minimum atomic E-state index is -2.91. The summed E-state index contributed by atoms with van der Waals surface area (Å²) in [6.45, 7) is 5.83. The molecule has 0 radical (unpaired) electrons. The van der Waals surface area contributed by atoms with Gasteiger partial charge < -0.3 is 4.52 Å². The van der Waals surface area contributed by atoms with E-state index >= 15 is 0 Å². The standard InChI is InChI=1S/C8H15O3P/c1-5-6-10-12(4,9)11-7-8(2)3/h1,8H,6-7H2,2-4H3. The molecule has 0 saturated heterocycles. The van der Waals surface area contributed by atoms with Crippen LogP contribution in [0, 0.1) is 18.3 Å². The van der Waals surface area contributed by atoms with Gasteiger partial charge in [0.15, 0.2) is 0 Å². The van der Waals surface area contributed by atoms with Gasteiger partial charge in [-0.05, 0) is 5.92 Å². The van der Waals surface area contributed by atoms with Crippen LogP contribution >= 0.6 is 7.60 Å². The van der Waals surface area contributed by atoms with Crippen LogP contribution in [0.15, 0.2) is 0 Å². The van der Waals surface area contributed by atoms with Crippen molar-refractivity contribution in [1.29, 1.82) is 0 Å². The Hall–Kier alpha value is -0.290. The highest BCUT2D eigenvalue weighted by molar-refractivity contribution is 7.52. The van der Waals surface area contributed by atoms with Crippen molar-refractivity contribution in [2.75, 3.05) is 19.9 Å². The van der Waals surface area contributed by atoms with E-state index in [4.69, 9.17) is 15.5 Å². The molecule has 1 unspecified atom stereocenters. The number of hydrogen-bond donors (Lipinski definition) is 0. The molecule has 0 aliphatic rings. The first-order valence-electron chi connectivity index (χ1n) is 3.78. The lowest BCUT2D eigenvalue weighted by Gasteiger charge is -2.13. The molecular weight excluding hydrogens is 175 g/mol. The minimum absolute atomic E-state index is 0.0336. The molecular formula is C8H15O3P. The Kier molecular flexibility index (Phi) is 5.24. The molecule has 0 aromatic heterocycles. The lowest BCUT2D eigenvalue weighted by molar-refractivity contribution is 0.204. The van der Waals surface area contributed by atoms with Crippen LogP contribution in [0.25, 0.3) is 0 Å². The molecule has 12 heavy (non-hydrogen) atoms. The van der Waals surface area contributed by atoms with Gasteiger partial charge in [-0.1, -0.05) is 19.8 Å². The van der Waals surface area contributed by atoms with E-state index in [2.05, 4.69) is 5.92 Å². The fraction of sp³-hybridized carbons (Fsp3) is 0.750. The van der Waals surface area contributed by atoms with Gasteiger partial charge >= 0.3 is 7.60 Å². The Labute approximate surface area is 74.0 Å². The molecule has 0 aromatic carbocycles. The van der Waals surface area contributed by atoms with Crippen LogP contribution in [0.3, 0.4) is 0 Å². The number of hydrogen-bond acceptors (Lipinski definition) is 3. The molecule has 0 fully saturated rings. The molecule has 1 atom stereocenters. The largest absolute Gasteiger partial charge is 0.328 e. The predicted molar refractivity (Wildman–Crippen MR) is 49.1 cm³/mol. The first-order chi connectivity index (χ1) is 5.48. The van der Waals surface area contributed by atoms with Crippen molar-refractivity contribution >= 4 is 7.60 Å². The minimum Gasteiger partial charge on any atom is -0.308 e. The summed E-state index contributed by atoms with van der Waals surface area (Å²) in [5.41, 5.74) is 0. The lowest BCUT2D eigenvalue weighted by Crippen LogP contribution is -2.02. The van der Waals surface area contributed by atoms with Crippen molar-refractivity contribution in [1.82, 2.24) is 0 Å². The van der Waals surface area contributed by atoms with E-state index in [-0.39, 0.29) is 6.61 Å². The molecule has 3 nitrogen and oxygen atoms in total. The summed E-state index contributed by atoms with van der Waals surface area (Å²) in [7, 11) is -2.91. The van der Waals surface area contributed by atoms with E-state index in [1.165, 1.54) is 6.66 Å². The fourth-order valence-corrected chi connectivity index (χ4v) is 1.43. The third-order valence-electron chi connectivity index (χ3n) is 1.02. The second-order valence-corrected chi connectivity index (χ2v) is 5.00. The second-order valence-electron chi connectivity index (χ2n) is 2.94. The lowest BCUT2D eigenvalue weighted by atomic mass is 10.2. The van der Waals surface area contributed by atoms with Gasteiger partial charge in [0, 0.05) is 6.66 Å². The van der Waals surface area contributed by atoms with E-state index in [1.807, 2.05) is 13.8 Å². The summed E-state index contributed by atoms with van der Waals surface area (Å²) in [6.07, 6.45) is 4.94. The summed E-state index contributed by atoms with van der Waals surface area (Å²) in [6, 6.07) is 0. The average Bonchev–Trinajstić information content (AvgIpc) is 1.98. The van der Waals surface area contributed by atoms with E-state index in [9.17, 15) is 4.57 Å². The third kappa shape index (κ3) is 6.42. The fourth-order valence-electron chi connectivity index (χ4n) is 0.476. The SMILES string of the molecule is C#CCOP(C)(=O)OCC(C)C. The molecule has 0 saturated carbocycles. The normalized spacial score (nSPS) is 15.6. The first-order valence-corrected chi connectivity index (χ1v) is 5.77. The maximum absolute atomic E-state index is 11.3. The van der Waals surface area contributed by atoms with Gasteiger partial charge in [-0.3, -0.25) is 9.09 Å². The highest BCUT2D eigenvalue weighted by Gasteiger charge is 2.16. The third-order valence-corrected chi connectivity index (χ3v) is 2.24. The first kappa shape index (κ1) is 11.7. The van der Waals surface area contributed by atoms with E-state index in [1.54, 1.807) is 0 Å². The quantitative estimate of drug-likeness (QED) is 0.492. The van der Waals surface area contributed by atoms with Crippen molar-refractivity contribution < 1.29 is 13.6 Å². The Balaban J connectivity index is 3.73. The molecule has 0 bridgehead atoms. The topological polar surface area (TPSA) is 35.5 Å². The van der Waals surface area contributed by atoms with Crippen LogP contribution < -0.4 is 0 Å². The molecule has 0 amide bonds. The van der Waals surface area contributed by atoms with Gasteiger partial charge in [0.25, 0.3) is 0 Å². The van der Waals surface area contributed by atoms with E-state index < -0.39 is 7.60 Å². The Morgan fingerprint density at radius 1 is 1.50 bits per heavy atom. The zero-order valence-electron chi connectivity index (χ0n) is 7.74. The van der Waals surface area contributed by atoms with Crippen LogP contribution in [0.4, 0.5) is 0 Å². The molecule has 70 valence electrons. The zero-order valence-corrected chi connectivity index (χ0v) is 8.64. The van der Waals surface area contributed by atoms with Gasteiger partial charge in [-0.2, -0.15) is 0 Å². The van der Waals surface area contributed by atoms with Gasteiger partial charge in [0.2, 0.25) is 0 Å². The Morgan fingerprint density at radius 2 is 2.08 bits per heavy atom. The predicted octanol–water partition coefficient (Wildman–Crippen LogP) is 2.13. The molecule has 0 aromatic rings. The summed E-state index contributed by atoms with van der Waals surface area (Å²) in [4.78, 5) is 0. The van der Waals surface area contributed by atoms with Crippen molar-refractivity contribution in [2.45, 2.75) is 13.8 Å². The van der Waals surface area contributed by atoms with Crippen molar-refractivity contribution in [3.05, 3.63) is 0 Å².